The van der Waals surface area contributed by atoms with Crippen molar-refractivity contribution in [3.05, 3.63) is 35.8 Å². The standard InChI is InChI=1S/C17H24N4O2/c1-4-21(5-2)11-7-10-19-17(22)15-13(3)20-23-16(15)14-8-6-9-18-12-14/h6,8-9,12H,4-5,7,10-11H2,1-3H3,(H,19,22). The van der Waals surface area contributed by atoms with Crippen molar-refractivity contribution in [1.82, 2.24) is 20.4 Å². The minimum atomic E-state index is -0.151. The number of rotatable bonds is 8. The SMILES string of the molecule is CCN(CC)CCCNC(=O)c1c(C)noc1-c1cccnc1. The first-order valence-electron chi connectivity index (χ1n) is 8.04. The Morgan fingerprint density at radius 3 is 2.78 bits per heavy atom. The van der Waals surface area contributed by atoms with Gasteiger partial charge in [0.15, 0.2) is 5.76 Å². The van der Waals surface area contributed by atoms with Crippen molar-refractivity contribution >= 4 is 5.91 Å². The van der Waals surface area contributed by atoms with Crippen LogP contribution in [0.15, 0.2) is 29.0 Å². The van der Waals surface area contributed by atoms with Gasteiger partial charge < -0.3 is 14.7 Å². The summed E-state index contributed by atoms with van der Waals surface area (Å²) in [6.45, 7) is 9.72. The van der Waals surface area contributed by atoms with Gasteiger partial charge in [0.2, 0.25) is 0 Å². The van der Waals surface area contributed by atoms with Crippen LogP contribution in [-0.4, -0.2) is 47.1 Å². The molecule has 0 atom stereocenters. The van der Waals surface area contributed by atoms with Crippen molar-refractivity contribution in [2.45, 2.75) is 27.2 Å². The lowest BCUT2D eigenvalue weighted by Gasteiger charge is -2.17. The Labute approximate surface area is 136 Å². The highest BCUT2D eigenvalue weighted by Crippen LogP contribution is 2.25. The first-order chi connectivity index (χ1) is 11.2. The molecule has 0 saturated carbocycles. The molecule has 0 saturated heterocycles. The van der Waals surface area contributed by atoms with E-state index in [2.05, 4.69) is 34.2 Å². The summed E-state index contributed by atoms with van der Waals surface area (Å²) in [4.78, 5) is 18.9. The van der Waals surface area contributed by atoms with Crippen molar-refractivity contribution in [2.75, 3.05) is 26.2 Å². The quantitative estimate of drug-likeness (QED) is 0.758. The van der Waals surface area contributed by atoms with Crippen molar-refractivity contribution in [3.8, 4) is 11.3 Å². The maximum Gasteiger partial charge on any atom is 0.257 e. The molecule has 23 heavy (non-hydrogen) atoms. The maximum atomic E-state index is 12.5. The first-order valence-corrected chi connectivity index (χ1v) is 8.04. The van der Waals surface area contributed by atoms with Gasteiger partial charge in [-0.1, -0.05) is 19.0 Å². The Balaban J connectivity index is 1.99. The number of hydrogen-bond acceptors (Lipinski definition) is 5. The van der Waals surface area contributed by atoms with Crippen molar-refractivity contribution in [3.63, 3.8) is 0 Å². The third-order valence-electron chi connectivity index (χ3n) is 3.84. The van der Waals surface area contributed by atoms with Gasteiger partial charge in [-0.15, -0.1) is 0 Å². The highest BCUT2D eigenvalue weighted by Gasteiger charge is 2.21. The van der Waals surface area contributed by atoms with Gasteiger partial charge in [-0.3, -0.25) is 9.78 Å². The number of aromatic nitrogens is 2. The molecule has 6 heteroatoms. The van der Waals surface area contributed by atoms with Crippen LogP contribution in [0.2, 0.25) is 0 Å². The van der Waals surface area contributed by atoms with Crippen molar-refractivity contribution in [1.29, 1.82) is 0 Å². The molecule has 2 aromatic rings. The first kappa shape index (κ1) is 17.1. The minimum absolute atomic E-state index is 0.151. The van der Waals surface area contributed by atoms with Crippen LogP contribution in [-0.2, 0) is 0 Å². The van der Waals surface area contributed by atoms with E-state index in [0.717, 1.165) is 31.6 Å². The zero-order valence-corrected chi connectivity index (χ0v) is 14.0. The number of nitrogens with one attached hydrogen (secondary N) is 1. The van der Waals surface area contributed by atoms with E-state index in [1.807, 2.05) is 6.07 Å². The summed E-state index contributed by atoms with van der Waals surface area (Å²) in [5, 5.41) is 6.88. The predicted octanol–water partition coefficient (Wildman–Crippen LogP) is 2.51. The highest BCUT2D eigenvalue weighted by molar-refractivity contribution is 6.00. The smallest absolute Gasteiger partial charge is 0.257 e. The van der Waals surface area contributed by atoms with Crippen LogP contribution in [0, 0.1) is 6.92 Å². The van der Waals surface area contributed by atoms with Crippen LogP contribution in [0.4, 0.5) is 0 Å². The molecule has 2 rings (SSSR count). The van der Waals surface area contributed by atoms with Gasteiger partial charge in [0, 0.05) is 24.5 Å². The van der Waals surface area contributed by atoms with Crippen LogP contribution >= 0.6 is 0 Å². The van der Waals surface area contributed by atoms with Gasteiger partial charge in [-0.25, -0.2) is 0 Å². The van der Waals surface area contributed by atoms with Gasteiger partial charge in [-0.2, -0.15) is 0 Å². The summed E-state index contributed by atoms with van der Waals surface area (Å²) in [5.41, 5.74) is 1.83. The third-order valence-corrected chi connectivity index (χ3v) is 3.84. The van der Waals surface area contributed by atoms with Crippen molar-refractivity contribution < 1.29 is 9.32 Å². The zero-order valence-electron chi connectivity index (χ0n) is 14.0. The number of amides is 1. The summed E-state index contributed by atoms with van der Waals surface area (Å²) in [5.74, 6) is 0.319. The monoisotopic (exact) mass is 316 g/mol. The third kappa shape index (κ3) is 4.39. The van der Waals surface area contributed by atoms with Gasteiger partial charge >= 0.3 is 0 Å². The summed E-state index contributed by atoms with van der Waals surface area (Å²) < 4.78 is 5.32. The largest absolute Gasteiger partial charge is 0.355 e. The summed E-state index contributed by atoms with van der Waals surface area (Å²) in [6, 6.07) is 3.66. The fourth-order valence-electron chi connectivity index (χ4n) is 2.46. The lowest BCUT2D eigenvalue weighted by atomic mass is 10.1. The normalized spacial score (nSPS) is 11.0. The van der Waals surface area contributed by atoms with Crippen LogP contribution in [0.3, 0.4) is 0 Å². The van der Waals surface area contributed by atoms with E-state index >= 15 is 0 Å². The zero-order chi connectivity index (χ0) is 16.7. The van der Waals surface area contributed by atoms with Crippen LogP contribution < -0.4 is 5.32 Å². The van der Waals surface area contributed by atoms with E-state index in [1.165, 1.54) is 0 Å². The fraction of sp³-hybridized carbons (Fsp3) is 0.471. The number of carbonyl (C=O) groups excluding carboxylic acids is 1. The Hall–Kier alpha value is -2.21. The second kappa shape index (κ2) is 8.43. The fourth-order valence-corrected chi connectivity index (χ4v) is 2.46. The van der Waals surface area contributed by atoms with Crippen molar-refractivity contribution in [2.24, 2.45) is 0 Å². The van der Waals surface area contributed by atoms with Gasteiger partial charge in [0.05, 0.1) is 5.69 Å². The van der Waals surface area contributed by atoms with E-state index in [-0.39, 0.29) is 5.91 Å². The Morgan fingerprint density at radius 2 is 2.13 bits per heavy atom. The second-order valence-electron chi connectivity index (χ2n) is 5.35. The minimum Gasteiger partial charge on any atom is -0.355 e. The van der Waals surface area contributed by atoms with E-state index < -0.39 is 0 Å². The van der Waals surface area contributed by atoms with Crippen LogP contribution in [0.25, 0.3) is 11.3 Å². The van der Waals surface area contributed by atoms with E-state index in [0.29, 0.717) is 23.6 Å². The molecule has 0 aromatic carbocycles. The highest BCUT2D eigenvalue weighted by atomic mass is 16.5. The molecule has 2 heterocycles. The molecule has 124 valence electrons. The average Bonchev–Trinajstić information content (AvgIpc) is 2.97. The second-order valence-corrected chi connectivity index (χ2v) is 5.35. The molecule has 0 aliphatic heterocycles. The molecule has 1 N–H and O–H groups in total. The summed E-state index contributed by atoms with van der Waals surface area (Å²) >= 11 is 0. The molecular weight excluding hydrogens is 292 g/mol. The number of aryl methyl sites for hydroxylation is 1. The number of hydrogen-bond donors (Lipinski definition) is 1. The predicted molar refractivity (Wildman–Crippen MR) is 89.2 cm³/mol. The van der Waals surface area contributed by atoms with Gasteiger partial charge in [0.1, 0.15) is 5.56 Å². The number of nitrogens with zero attached hydrogens (tertiary/aromatic N) is 3. The molecule has 0 unspecified atom stereocenters. The maximum absolute atomic E-state index is 12.5. The number of carbonyl (C=O) groups is 1. The molecule has 0 aliphatic rings. The molecule has 0 radical (unpaired) electrons. The Bertz CT molecular complexity index is 621. The average molecular weight is 316 g/mol. The molecule has 1 amide bonds. The molecule has 0 spiro atoms. The number of pyridine rings is 1. The molecular formula is C17H24N4O2. The van der Waals surface area contributed by atoms with E-state index in [1.54, 1.807) is 25.4 Å². The molecule has 0 aliphatic carbocycles. The van der Waals surface area contributed by atoms with E-state index in [9.17, 15) is 4.79 Å². The van der Waals surface area contributed by atoms with Gasteiger partial charge in [-0.05, 0) is 45.1 Å². The summed E-state index contributed by atoms with van der Waals surface area (Å²) in [7, 11) is 0. The molecule has 0 bridgehead atoms. The van der Waals surface area contributed by atoms with Crippen LogP contribution in [0.5, 0.6) is 0 Å². The van der Waals surface area contributed by atoms with Gasteiger partial charge in [0.25, 0.3) is 5.91 Å². The van der Waals surface area contributed by atoms with Crippen LogP contribution in [0.1, 0.15) is 36.3 Å². The molecule has 2 aromatic heterocycles. The lowest BCUT2D eigenvalue weighted by Crippen LogP contribution is -2.30. The molecule has 0 fully saturated rings. The summed E-state index contributed by atoms with van der Waals surface area (Å²) in [6.07, 6.45) is 4.26. The molecule has 6 nitrogen and oxygen atoms in total. The topological polar surface area (TPSA) is 71.3 Å². The lowest BCUT2D eigenvalue weighted by molar-refractivity contribution is 0.0951. The van der Waals surface area contributed by atoms with E-state index in [4.69, 9.17) is 4.52 Å². The Morgan fingerprint density at radius 1 is 1.35 bits per heavy atom. The Kier molecular flexibility index (Phi) is 6.29.